The Bertz CT molecular complexity index is 286. The molecule has 0 aromatic heterocycles. The third-order valence-electron chi connectivity index (χ3n) is 3.74. The van der Waals surface area contributed by atoms with Gasteiger partial charge in [0.25, 0.3) is 0 Å². The lowest BCUT2D eigenvalue weighted by atomic mass is 9.78. The molecule has 0 bridgehead atoms. The number of guanidine groups is 1. The van der Waals surface area contributed by atoms with Crippen LogP contribution in [0, 0.1) is 5.92 Å². The van der Waals surface area contributed by atoms with Gasteiger partial charge < -0.3 is 16.0 Å². The van der Waals surface area contributed by atoms with Crippen molar-refractivity contribution in [3.8, 4) is 0 Å². The molecule has 4 nitrogen and oxygen atoms in total. The fourth-order valence-electron chi connectivity index (χ4n) is 2.72. The van der Waals surface area contributed by atoms with Crippen LogP contribution in [0.15, 0.2) is 17.6 Å². The average Bonchev–Trinajstić information content (AvgIpc) is 2.53. The topological polar surface area (TPSA) is 53.6 Å². The summed E-state index contributed by atoms with van der Waals surface area (Å²) in [4.78, 5) is 6.64. The van der Waals surface area contributed by atoms with Crippen LogP contribution in [0.5, 0.6) is 0 Å². The summed E-state index contributed by atoms with van der Waals surface area (Å²) >= 11 is 0. The van der Waals surface area contributed by atoms with Crippen LogP contribution in [-0.4, -0.2) is 42.6 Å². The standard InChI is InChI=1S/C11H20N4/c1-3-6-15-10(12)14-8-11(15)4-5-13-7-9(11)2/h3,9,13H,1,4-8H2,2H3,(H2,12,14). The van der Waals surface area contributed by atoms with E-state index in [0.717, 1.165) is 32.6 Å². The van der Waals surface area contributed by atoms with Crippen molar-refractivity contribution in [2.75, 3.05) is 26.2 Å². The van der Waals surface area contributed by atoms with Crippen LogP contribution < -0.4 is 11.1 Å². The number of nitrogens with one attached hydrogen (secondary N) is 1. The zero-order chi connectivity index (χ0) is 10.9. The van der Waals surface area contributed by atoms with Gasteiger partial charge in [0.15, 0.2) is 5.96 Å². The minimum absolute atomic E-state index is 0.142. The maximum atomic E-state index is 5.94. The van der Waals surface area contributed by atoms with Gasteiger partial charge in [-0.1, -0.05) is 13.0 Å². The van der Waals surface area contributed by atoms with E-state index in [1.54, 1.807) is 0 Å². The summed E-state index contributed by atoms with van der Waals surface area (Å²) in [6.45, 7) is 9.82. The molecule has 1 spiro atoms. The highest BCUT2D eigenvalue weighted by atomic mass is 15.4. The molecule has 0 radical (unpaired) electrons. The smallest absolute Gasteiger partial charge is 0.192 e. The number of rotatable bonds is 2. The summed E-state index contributed by atoms with van der Waals surface area (Å²) < 4.78 is 0. The highest BCUT2D eigenvalue weighted by molar-refractivity contribution is 5.81. The quantitative estimate of drug-likeness (QED) is 0.636. The van der Waals surface area contributed by atoms with Gasteiger partial charge in [-0.05, 0) is 18.9 Å². The monoisotopic (exact) mass is 208 g/mol. The molecule has 3 N–H and O–H groups in total. The van der Waals surface area contributed by atoms with Gasteiger partial charge >= 0.3 is 0 Å². The molecule has 1 fully saturated rings. The van der Waals surface area contributed by atoms with Crippen molar-refractivity contribution in [2.45, 2.75) is 18.9 Å². The first-order valence-corrected chi connectivity index (χ1v) is 5.60. The van der Waals surface area contributed by atoms with Gasteiger partial charge in [-0.25, -0.2) is 0 Å². The number of nitrogens with two attached hydrogens (primary N) is 1. The zero-order valence-electron chi connectivity index (χ0n) is 9.37. The van der Waals surface area contributed by atoms with Crippen molar-refractivity contribution in [2.24, 2.45) is 16.6 Å². The second-order valence-corrected chi connectivity index (χ2v) is 4.53. The van der Waals surface area contributed by atoms with Gasteiger partial charge in [0.2, 0.25) is 0 Å². The van der Waals surface area contributed by atoms with Gasteiger partial charge in [-0.2, -0.15) is 0 Å². The van der Waals surface area contributed by atoms with Gasteiger partial charge in [0.1, 0.15) is 0 Å². The Morgan fingerprint density at radius 2 is 2.60 bits per heavy atom. The number of hydrogen-bond acceptors (Lipinski definition) is 4. The lowest BCUT2D eigenvalue weighted by molar-refractivity contribution is 0.102. The molecule has 84 valence electrons. The molecule has 2 aliphatic heterocycles. The Kier molecular flexibility index (Phi) is 2.69. The maximum Gasteiger partial charge on any atom is 0.192 e. The lowest BCUT2D eigenvalue weighted by Crippen LogP contribution is -2.61. The maximum absolute atomic E-state index is 5.94. The van der Waals surface area contributed by atoms with Crippen LogP contribution in [0.4, 0.5) is 0 Å². The van der Waals surface area contributed by atoms with Gasteiger partial charge in [-0.15, -0.1) is 6.58 Å². The fourth-order valence-corrected chi connectivity index (χ4v) is 2.72. The number of nitrogens with zero attached hydrogens (tertiary/aromatic N) is 2. The molecule has 0 aromatic carbocycles. The van der Waals surface area contributed by atoms with E-state index in [0.29, 0.717) is 11.9 Å². The van der Waals surface area contributed by atoms with E-state index in [2.05, 4.69) is 28.7 Å². The van der Waals surface area contributed by atoms with Crippen LogP contribution in [-0.2, 0) is 0 Å². The van der Waals surface area contributed by atoms with Crippen LogP contribution in [0.2, 0.25) is 0 Å². The minimum atomic E-state index is 0.142. The minimum Gasteiger partial charge on any atom is -0.370 e. The Hall–Kier alpha value is -1.03. The summed E-state index contributed by atoms with van der Waals surface area (Å²) in [6, 6.07) is 0. The molecule has 0 saturated carbocycles. The predicted octanol–water partition coefficient (Wildman–Crippen LogP) is 0.171. The van der Waals surface area contributed by atoms with Gasteiger partial charge in [-0.3, -0.25) is 4.99 Å². The molecule has 2 heterocycles. The number of aliphatic imine (C=N–C) groups is 1. The summed E-state index contributed by atoms with van der Waals surface area (Å²) in [5.41, 5.74) is 6.08. The van der Waals surface area contributed by atoms with Crippen LogP contribution in [0.3, 0.4) is 0 Å². The van der Waals surface area contributed by atoms with E-state index >= 15 is 0 Å². The summed E-state index contributed by atoms with van der Waals surface area (Å²) in [5.74, 6) is 1.26. The summed E-state index contributed by atoms with van der Waals surface area (Å²) in [7, 11) is 0. The van der Waals surface area contributed by atoms with E-state index in [9.17, 15) is 0 Å². The van der Waals surface area contributed by atoms with E-state index in [1.165, 1.54) is 0 Å². The molecular formula is C11H20N4. The first-order valence-electron chi connectivity index (χ1n) is 5.60. The Morgan fingerprint density at radius 3 is 3.27 bits per heavy atom. The highest BCUT2D eigenvalue weighted by Crippen LogP contribution is 2.34. The average molecular weight is 208 g/mol. The van der Waals surface area contributed by atoms with Crippen molar-refractivity contribution in [3.63, 3.8) is 0 Å². The molecular weight excluding hydrogens is 188 g/mol. The van der Waals surface area contributed by atoms with E-state index in [1.807, 2.05) is 6.08 Å². The predicted molar refractivity (Wildman–Crippen MR) is 62.8 cm³/mol. The second kappa shape index (κ2) is 3.85. The van der Waals surface area contributed by atoms with Crippen molar-refractivity contribution in [1.82, 2.24) is 10.2 Å². The van der Waals surface area contributed by atoms with E-state index in [-0.39, 0.29) is 5.54 Å². The van der Waals surface area contributed by atoms with E-state index < -0.39 is 0 Å². The molecule has 0 aliphatic carbocycles. The lowest BCUT2D eigenvalue weighted by Gasteiger charge is -2.46. The first-order chi connectivity index (χ1) is 7.20. The van der Waals surface area contributed by atoms with Crippen molar-refractivity contribution in [1.29, 1.82) is 0 Å². The van der Waals surface area contributed by atoms with Crippen LogP contribution >= 0.6 is 0 Å². The highest BCUT2D eigenvalue weighted by Gasteiger charge is 2.46. The molecule has 2 rings (SSSR count). The van der Waals surface area contributed by atoms with Crippen LogP contribution in [0.25, 0.3) is 0 Å². The summed E-state index contributed by atoms with van der Waals surface area (Å²) in [6.07, 6.45) is 3.02. The second-order valence-electron chi connectivity index (χ2n) is 4.53. The number of hydrogen-bond donors (Lipinski definition) is 2. The molecule has 1 saturated heterocycles. The molecule has 2 aliphatic rings. The Balaban J connectivity index is 2.22. The largest absolute Gasteiger partial charge is 0.370 e. The first kappa shape index (κ1) is 10.5. The molecule has 2 unspecified atom stereocenters. The molecule has 4 heteroatoms. The third kappa shape index (κ3) is 1.53. The SMILES string of the molecule is C=CCN1C(N)=NCC12CCNCC2C. The number of piperidine rings is 1. The third-order valence-corrected chi connectivity index (χ3v) is 3.74. The van der Waals surface area contributed by atoms with E-state index in [4.69, 9.17) is 5.73 Å². The van der Waals surface area contributed by atoms with Gasteiger partial charge in [0, 0.05) is 13.1 Å². The van der Waals surface area contributed by atoms with Crippen molar-refractivity contribution in [3.05, 3.63) is 12.7 Å². The molecule has 0 aromatic rings. The molecule has 2 atom stereocenters. The van der Waals surface area contributed by atoms with Crippen molar-refractivity contribution >= 4 is 5.96 Å². The Labute approximate surface area is 91.2 Å². The fraction of sp³-hybridized carbons (Fsp3) is 0.727. The van der Waals surface area contributed by atoms with Crippen molar-refractivity contribution < 1.29 is 0 Å². The zero-order valence-corrected chi connectivity index (χ0v) is 9.37. The molecule has 0 amide bonds. The van der Waals surface area contributed by atoms with Crippen LogP contribution in [0.1, 0.15) is 13.3 Å². The normalized spacial score (nSPS) is 35.7. The molecule has 15 heavy (non-hydrogen) atoms. The Morgan fingerprint density at radius 1 is 1.80 bits per heavy atom. The van der Waals surface area contributed by atoms with Gasteiger partial charge in [0.05, 0.1) is 12.1 Å². The summed E-state index contributed by atoms with van der Waals surface area (Å²) in [5, 5.41) is 3.42.